The van der Waals surface area contributed by atoms with Crippen LogP contribution in [0.3, 0.4) is 0 Å². The molecule has 3 aromatic rings. The summed E-state index contributed by atoms with van der Waals surface area (Å²) >= 11 is 12.2. The number of hydrogen-bond donors (Lipinski definition) is 2. The van der Waals surface area contributed by atoms with Crippen LogP contribution in [0.4, 0.5) is 16.2 Å². The Hall–Kier alpha value is -3.33. The van der Waals surface area contributed by atoms with E-state index >= 15 is 0 Å². The van der Waals surface area contributed by atoms with Gasteiger partial charge >= 0.3 is 6.03 Å². The van der Waals surface area contributed by atoms with Gasteiger partial charge in [0, 0.05) is 28.7 Å². The Labute approximate surface area is 193 Å². The number of nitrogens with one attached hydrogen (secondary N) is 2. The molecule has 0 spiro atoms. The van der Waals surface area contributed by atoms with Gasteiger partial charge in [0.25, 0.3) is 5.56 Å². The number of benzene rings is 2. The second-order valence-corrected chi connectivity index (χ2v) is 7.83. The summed E-state index contributed by atoms with van der Waals surface area (Å²) in [6.45, 7) is 0.0409. The summed E-state index contributed by atoms with van der Waals surface area (Å²) in [5.41, 5.74) is 1.24. The van der Waals surface area contributed by atoms with Crippen LogP contribution in [0.25, 0.3) is 5.69 Å². The van der Waals surface area contributed by atoms with Gasteiger partial charge in [-0.05, 0) is 48.5 Å². The van der Waals surface area contributed by atoms with E-state index in [1.807, 2.05) is 0 Å². The monoisotopic (exact) mass is 472 g/mol. The summed E-state index contributed by atoms with van der Waals surface area (Å²) in [6, 6.07) is 14.9. The fourth-order valence-corrected chi connectivity index (χ4v) is 3.62. The summed E-state index contributed by atoms with van der Waals surface area (Å²) in [5, 5.41) is 6.29. The van der Waals surface area contributed by atoms with Gasteiger partial charge in [-0.15, -0.1) is 0 Å². The van der Waals surface area contributed by atoms with E-state index in [0.717, 1.165) is 0 Å². The number of carbonyl (C=O) groups excluding carboxylic acids is 2. The van der Waals surface area contributed by atoms with Crippen LogP contribution < -0.4 is 16.2 Å². The van der Waals surface area contributed by atoms with Gasteiger partial charge in [-0.25, -0.2) is 4.79 Å². The average Bonchev–Trinajstić information content (AvgIpc) is 3.27. The molecule has 1 aliphatic rings. The maximum absolute atomic E-state index is 12.8. The second kappa shape index (κ2) is 9.44. The Morgan fingerprint density at radius 3 is 2.44 bits per heavy atom. The Kier molecular flexibility index (Phi) is 6.45. The maximum atomic E-state index is 12.8. The molecule has 0 bridgehead atoms. The number of carbonyl (C=O) groups is 2. The first-order valence-corrected chi connectivity index (χ1v) is 10.4. The number of anilines is 2. The fourth-order valence-electron chi connectivity index (χ4n) is 3.22. The minimum atomic E-state index is -0.822. The molecule has 3 amide bonds. The zero-order valence-electron chi connectivity index (χ0n) is 16.6. The van der Waals surface area contributed by atoms with Crippen LogP contribution in [0.15, 0.2) is 71.7 Å². The SMILES string of the molecule is O=C(Nc1ccc(-n2ccccc2=O)c(Cl)c1)C1COCN1C(=O)Nc1ccc(Cl)cc1. The van der Waals surface area contributed by atoms with Gasteiger partial charge in [-0.1, -0.05) is 29.3 Å². The van der Waals surface area contributed by atoms with Crippen LogP contribution in [0.2, 0.25) is 10.0 Å². The molecular weight excluding hydrogens is 455 g/mol. The molecule has 4 rings (SSSR count). The van der Waals surface area contributed by atoms with Gasteiger partial charge < -0.3 is 15.4 Å². The van der Waals surface area contributed by atoms with Crippen molar-refractivity contribution in [3.8, 4) is 5.69 Å². The first-order chi connectivity index (χ1) is 15.4. The lowest BCUT2D eigenvalue weighted by Gasteiger charge is -2.22. The molecule has 10 heteroatoms. The van der Waals surface area contributed by atoms with E-state index in [2.05, 4.69) is 10.6 Å². The summed E-state index contributed by atoms with van der Waals surface area (Å²) in [5.74, 6) is -0.422. The Bertz CT molecular complexity index is 1210. The number of aromatic nitrogens is 1. The number of rotatable bonds is 4. The molecule has 1 saturated heterocycles. The quantitative estimate of drug-likeness (QED) is 0.600. The zero-order chi connectivity index (χ0) is 22.7. The van der Waals surface area contributed by atoms with Crippen molar-refractivity contribution in [3.63, 3.8) is 0 Å². The van der Waals surface area contributed by atoms with Crippen molar-refractivity contribution in [2.24, 2.45) is 0 Å². The molecule has 2 N–H and O–H groups in total. The van der Waals surface area contributed by atoms with Crippen molar-refractivity contribution in [1.29, 1.82) is 0 Å². The molecule has 0 saturated carbocycles. The predicted molar refractivity (Wildman–Crippen MR) is 123 cm³/mol. The molecule has 1 atom stereocenters. The summed E-state index contributed by atoms with van der Waals surface area (Å²) < 4.78 is 6.74. The van der Waals surface area contributed by atoms with E-state index in [-0.39, 0.29) is 23.9 Å². The van der Waals surface area contributed by atoms with Gasteiger partial charge in [0.15, 0.2) is 0 Å². The van der Waals surface area contributed by atoms with Gasteiger partial charge in [0.05, 0.1) is 17.3 Å². The lowest BCUT2D eigenvalue weighted by molar-refractivity contribution is -0.119. The summed E-state index contributed by atoms with van der Waals surface area (Å²) in [6.07, 6.45) is 1.61. The van der Waals surface area contributed by atoms with Crippen LogP contribution in [-0.4, -0.2) is 40.8 Å². The second-order valence-electron chi connectivity index (χ2n) is 6.99. The molecule has 0 aliphatic carbocycles. The van der Waals surface area contributed by atoms with Crippen molar-refractivity contribution in [2.45, 2.75) is 6.04 Å². The number of ether oxygens (including phenoxy) is 1. The van der Waals surface area contributed by atoms with Crippen molar-refractivity contribution < 1.29 is 14.3 Å². The lowest BCUT2D eigenvalue weighted by atomic mass is 10.2. The van der Waals surface area contributed by atoms with Crippen molar-refractivity contribution in [2.75, 3.05) is 24.0 Å². The molecule has 2 heterocycles. The number of pyridine rings is 1. The highest BCUT2D eigenvalue weighted by Gasteiger charge is 2.35. The molecule has 1 unspecified atom stereocenters. The molecule has 164 valence electrons. The van der Waals surface area contributed by atoms with Crippen LogP contribution in [0, 0.1) is 0 Å². The average molecular weight is 473 g/mol. The van der Waals surface area contributed by atoms with E-state index < -0.39 is 18.0 Å². The smallest absolute Gasteiger partial charge is 0.324 e. The highest BCUT2D eigenvalue weighted by atomic mass is 35.5. The number of amides is 3. The van der Waals surface area contributed by atoms with Crippen LogP contribution >= 0.6 is 23.2 Å². The Morgan fingerprint density at radius 2 is 1.72 bits per heavy atom. The van der Waals surface area contributed by atoms with Gasteiger partial charge in [-0.2, -0.15) is 0 Å². The number of urea groups is 1. The van der Waals surface area contributed by atoms with Gasteiger partial charge in [-0.3, -0.25) is 19.1 Å². The van der Waals surface area contributed by atoms with E-state index in [4.69, 9.17) is 27.9 Å². The Morgan fingerprint density at radius 1 is 0.969 bits per heavy atom. The minimum Gasteiger partial charge on any atom is -0.358 e. The largest absolute Gasteiger partial charge is 0.358 e. The fraction of sp³-hybridized carbons (Fsp3) is 0.136. The normalized spacial score (nSPS) is 15.4. The van der Waals surface area contributed by atoms with Gasteiger partial charge in [0.2, 0.25) is 5.91 Å². The molecule has 1 aromatic heterocycles. The van der Waals surface area contributed by atoms with Gasteiger partial charge in [0.1, 0.15) is 12.8 Å². The van der Waals surface area contributed by atoms with Crippen LogP contribution in [0.1, 0.15) is 0 Å². The van der Waals surface area contributed by atoms with E-state index in [9.17, 15) is 14.4 Å². The molecule has 0 radical (unpaired) electrons. The van der Waals surface area contributed by atoms with Crippen LogP contribution in [-0.2, 0) is 9.53 Å². The lowest BCUT2D eigenvalue weighted by Crippen LogP contribution is -2.46. The van der Waals surface area contributed by atoms with Crippen molar-refractivity contribution in [3.05, 3.63) is 87.3 Å². The number of nitrogens with zero attached hydrogens (tertiary/aromatic N) is 2. The first kappa shape index (κ1) is 21.9. The van der Waals surface area contributed by atoms with E-state index in [1.54, 1.807) is 60.8 Å². The molecular formula is C22H18Cl2N4O4. The molecule has 32 heavy (non-hydrogen) atoms. The van der Waals surface area contributed by atoms with E-state index in [1.165, 1.54) is 15.5 Å². The summed E-state index contributed by atoms with van der Waals surface area (Å²) in [7, 11) is 0. The number of hydrogen-bond acceptors (Lipinski definition) is 4. The third kappa shape index (κ3) is 4.77. The highest BCUT2D eigenvalue weighted by Crippen LogP contribution is 2.24. The minimum absolute atomic E-state index is 0.0197. The van der Waals surface area contributed by atoms with Crippen LogP contribution in [0.5, 0.6) is 0 Å². The number of halogens is 2. The zero-order valence-corrected chi connectivity index (χ0v) is 18.1. The third-order valence-corrected chi connectivity index (χ3v) is 5.39. The van der Waals surface area contributed by atoms with Crippen molar-refractivity contribution >= 4 is 46.5 Å². The molecule has 1 fully saturated rings. The van der Waals surface area contributed by atoms with Crippen molar-refractivity contribution in [1.82, 2.24) is 9.47 Å². The third-order valence-electron chi connectivity index (χ3n) is 4.84. The molecule has 1 aliphatic heterocycles. The Balaban J connectivity index is 1.45. The molecule has 2 aromatic carbocycles. The highest BCUT2D eigenvalue weighted by molar-refractivity contribution is 6.32. The standard InChI is InChI=1S/C22H18Cl2N4O4/c23-14-4-6-15(7-5-14)26-22(31)28-13-32-12-19(28)21(30)25-16-8-9-18(17(24)11-16)27-10-2-1-3-20(27)29/h1-11,19H,12-13H2,(H,25,30)(H,26,31). The first-order valence-electron chi connectivity index (χ1n) is 9.62. The maximum Gasteiger partial charge on any atom is 0.324 e. The molecule has 8 nitrogen and oxygen atoms in total. The summed E-state index contributed by atoms with van der Waals surface area (Å²) in [4.78, 5) is 38.8. The van der Waals surface area contributed by atoms with E-state index in [0.29, 0.717) is 22.1 Å². The predicted octanol–water partition coefficient (Wildman–Crippen LogP) is 3.97. The topological polar surface area (TPSA) is 92.7 Å².